The van der Waals surface area contributed by atoms with Crippen LogP contribution in [0.3, 0.4) is 0 Å². The number of hydrogen-bond donors (Lipinski definition) is 1. The lowest BCUT2D eigenvalue weighted by molar-refractivity contribution is -0.123. The van der Waals surface area contributed by atoms with Crippen LogP contribution in [0, 0.1) is 20.8 Å². The van der Waals surface area contributed by atoms with Crippen molar-refractivity contribution in [3.63, 3.8) is 0 Å². The van der Waals surface area contributed by atoms with Gasteiger partial charge in [-0.2, -0.15) is 0 Å². The molecular weight excluding hydrogens is 330 g/mol. The van der Waals surface area contributed by atoms with E-state index in [-0.39, 0.29) is 18.1 Å². The molecule has 0 fully saturated rings. The van der Waals surface area contributed by atoms with Gasteiger partial charge in [-0.1, -0.05) is 11.6 Å². The van der Waals surface area contributed by atoms with Gasteiger partial charge >= 0.3 is 0 Å². The van der Waals surface area contributed by atoms with Gasteiger partial charge in [0, 0.05) is 29.4 Å². The molecule has 1 aromatic heterocycles. The first-order valence-electron chi connectivity index (χ1n) is 7.57. The molecule has 0 spiro atoms. The molecule has 7 heteroatoms. The fourth-order valence-electron chi connectivity index (χ4n) is 2.06. The standard InChI is InChI=1S/C17H20ClN3O3/c1-11-8-14(4-5-15(11)18)24-9-16(22)19-6-7-21-10-20-13(3)12(2)17(21)23/h4-5,8,10H,6-7,9H2,1-3H3,(H,19,22). The van der Waals surface area contributed by atoms with E-state index in [4.69, 9.17) is 16.3 Å². The predicted molar refractivity (Wildman–Crippen MR) is 92.7 cm³/mol. The van der Waals surface area contributed by atoms with Gasteiger partial charge in [0.1, 0.15) is 5.75 Å². The lowest BCUT2D eigenvalue weighted by Crippen LogP contribution is -2.34. The van der Waals surface area contributed by atoms with Crippen molar-refractivity contribution in [3.8, 4) is 5.75 Å². The fourth-order valence-corrected chi connectivity index (χ4v) is 2.18. The Labute approximate surface area is 145 Å². The summed E-state index contributed by atoms with van der Waals surface area (Å²) in [5, 5.41) is 3.36. The van der Waals surface area contributed by atoms with Crippen LogP contribution in [0.25, 0.3) is 0 Å². The van der Waals surface area contributed by atoms with Crippen LogP contribution in [0.1, 0.15) is 16.8 Å². The molecule has 1 amide bonds. The molecule has 0 saturated carbocycles. The Balaban J connectivity index is 1.80. The zero-order chi connectivity index (χ0) is 17.7. The number of carbonyl (C=O) groups excluding carboxylic acids is 1. The Kier molecular flexibility index (Phi) is 5.98. The second kappa shape index (κ2) is 7.97. The molecule has 0 aliphatic rings. The third kappa shape index (κ3) is 4.58. The maximum Gasteiger partial charge on any atom is 0.258 e. The summed E-state index contributed by atoms with van der Waals surface area (Å²) >= 11 is 5.94. The summed E-state index contributed by atoms with van der Waals surface area (Å²) in [6.45, 7) is 5.98. The molecule has 0 radical (unpaired) electrons. The van der Waals surface area contributed by atoms with Gasteiger partial charge in [-0.25, -0.2) is 4.98 Å². The van der Waals surface area contributed by atoms with Gasteiger partial charge in [0.15, 0.2) is 6.61 Å². The summed E-state index contributed by atoms with van der Waals surface area (Å²) < 4.78 is 6.89. The normalized spacial score (nSPS) is 10.5. The van der Waals surface area contributed by atoms with Gasteiger partial charge in [-0.05, 0) is 44.5 Å². The van der Waals surface area contributed by atoms with Crippen LogP contribution in [0.2, 0.25) is 5.02 Å². The Morgan fingerprint density at radius 2 is 2.08 bits per heavy atom. The summed E-state index contributed by atoms with van der Waals surface area (Å²) in [4.78, 5) is 28.0. The van der Waals surface area contributed by atoms with Crippen LogP contribution in [0.5, 0.6) is 5.75 Å². The van der Waals surface area contributed by atoms with Crippen molar-refractivity contribution < 1.29 is 9.53 Å². The number of halogens is 1. The molecule has 1 N–H and O–H groups in total. The molecule has 0 aliphatic carbocycles. The van der Waals surface area contributed by atoms with E-state index in [1.54, 1.807) is 32.0 Å². The highest BCUT2D eigenvalue weighted by Crippen LogP contribution is 2.20. The van der Waals surface area contributed by atoms with Crippen molar-refractivity contribution in [2.24, 2.45) is 0 Å². The van der Waals surface area contributed by atoms with E-state index in [1.807, 2.05) is 6.92 Å². The molecule has 1 aromatic carbocycles. The van der Waals surface area contributed by atoms with Crippen LogP contribution in [-0.4, -0.2) is 28.6 Å². The highest BCUT2D eigenvalue weighted by atomic mass is 35.5. The largest absolute Gasteiger partial charge is 0.484 e. The molecule has 1 heterocycles. The van der Waals surface area contributed by atoms with Gasteiger partial charge in [0.2, 0.25) is 0 Å². The molecule has 0 saturated heterocycles. The van der Waals surface area contributed by atoms with Gasteiger partial charge in [0.05, 0.1) is 6.33 Å². The molecule has 128 valence electrons. The van der Waals surface area contributed by atoms with Gasteiger partial charge in [-0.3, -0.25) is 14.2 Å². The van der Waals surface area contributed by atoms with Gasteiger partial charge in [0.25, 0.3) is 11.5 Å². The number of aryl methyl sites for hydroxylation is 2. The fraction of sp³-hybridized carbons (Fsp3) is 0.353. The molecule has 0 unspecified atom stereocenters. The zero-order valence-electron chi connectivity index (χ0n) is 13.9. The Morgan fingerprint density at radius 1 is 1.33 bits per heavy atom. The summed E-state index contributed by atoms with van der Waals surface area (Å²) in [6.07, 6.45) is 1.49. The Morgan fingerprint density at radius 3 is 2.79 bits per heavy atom. The molecule has 0 bridgehead atoms. The van der Waals surface area contributed by atoms with E-state index in [0.717, 1.165) is 5.56 Å². The first-order chi connectivity index (χ1) is 11.4. The molecular formula is C17H20ClN3O3. The first-order valence-corrected chi connectivity index (χ1v) is 7.94. The molecule has 24 heavy (non-hydrogen) atoms. The topological polar surface area (TPSA) is 73.2 Å². The van der Waals surface area contributed by atoms with E-state index in [0.29, 0.717) is 35.1 Å². The van der Waals surface area contributed by atoms with Crippen molar-refractivity contribution in [1.82, 2.24) is 14.9 Å². The summed E-state index contributed by atoms with van der Waals surface area (Å²) in [5.41, 5.74) is 2.12. The summed E-state index contributed by atoms with van der Waals surface area (Å²) in [5.74, 6) is 0.328. The van der Waals surface area contributed by atoms with E-state index in [9.17, 15) is 9.59 Å². The zero-order valence-corrected chi connectivity index (χ0v) is 14.7. The number of carbonyl (C=O) groups is 1. The van der Waals surface area contributed by atoms with Crippen LogP contribution >= 0.6 is 11.6 Å². The van der Waals surface area contributed by atoms with Gasteiger partial charge in [-0.15, -0.1) is 0 Å². The SMILES string of the molecule is Cc1cc(OCC(=O)NCCn2cnc(C)c(C)c2=O)ccc1Cl. The van der Waals surface area contributed by atoms with Crippen LogP contribution in [-0.2, 0) is 11.3 Å². The van der Waals surface area contributed by atoms with Crippen molar-refractivity contribution in [2.45, 2.75) is 27.3 Å². The molecule has 2 aromatic rings. The number of rotatable bonds is 6. The smallest absolute Gasteiger partial charge is 0.258 e. The number of nitrogens with one attached hydrogen (secondary N) is 1. The quantitative estimate of drug-likeness (QED) is 0.866. The molecule has 6 nitrogen and oxygen atoms in total. The van der Waals surface area contributed by atoms with E-state index >= 15 is 0 Å². The number of aromatic nitrogens is 2. The molecule has 0 aliphatic heterocycles. The second-order valence-corrected chi connectivity index (χ2v) is 5.91. The lowest BCUT2D eigenvalue weighted by atomic mass is 10.2. The van der Waals surface area contributed by atoms with E-state index in [1.165, 1.54) is 10.9 Å². The number of amides is 1. The van der Waals surface area contributed by atoms with Crippen molar-refractivity contribution in [3.05, 3.63) is 56.7 Å². The van der Waals surface area contributed by atoms with Crippen LogP contribution in [0.4, 0.5) is 0 Å². The average molecular weight is 350 g/mol. The minimum absolute atomic E-state index is 0.0929. The van der Waals surface area contributed by atoms with Crippen molar-refractivity contribution >= 4 is 17.5 Å². The monoisotopic (exact) mass is 349 g/mol. The van der Waals surface area contributed by atoms with Crippen LogP contribution in [0.15, 0.2) is 29.3 Å². The third-order valence-electron chi connectivity index (χ3n) is 3.69. The molecule has 2 rings (SSSR count). The number of hydrogen-bond acceptors (Lipinski definition) is 4. The van der Waals surface area contributed by atoms with Crippen molar-refractivity contribution in [2.75, 3.05) is 13.2 Å². The maximum atomic E-state index is 12.0. The average Bonchev–Trinajstić information content (AvgIpc) is 2.56. The second-order valence-electron chi connectivity index (χ2n) is 5.50. The third-order valence-corrected chi connectivity index (χ3v) is 4.11. The van der Waals surface area contributed by atoms with Gasteiger partial charge < -0.3 is 10.1 Å². The highest BCUT2D eigenvalue weighted by Gasteiger charge is 2.06. The van der Waals surface area contributed by atoms with Crippen LogP contribution < -0.4 is 15.6 Å². The van der Waals surface area contributed by atoms with E-state index in [2.05, 4.69) is 10.3 Å². The minimum Gasteiger partial charge on any atom is -0.484 e. The highest BCUT2D eigenvalue weighted by molar-refractivity contribution is 6.31. The summed E-state index contributed by atoms with van der Waals surface area (Å²) in [7, 11) is 0. The number of nitrogens with zero attached hydrogens (tertiary/aromatic N) is 2. The lowest BCUT2D eigenvalue weighted by Gasteiger charge is -2.10. The summed E-state index contributed by atoms with van der Waals surface area (Å²) in [6, 6.07) is 5.21. The number of benzene rings is 1. The molecule has 0 atom stereocenters. The predicted octanol–water partition coefficient (Wildman–Crippen LogP) is 2.02. The Hall–Kier alpha value is -2.34. The van der Waals surface area contributed by atoms with Crippen molar-refractivity contribution in [1.29, 1.82) is 0 Å². The van der Waals surface area contributed by atoms with E-state index < -0.39 is 0 Å². The maximum absolute atomic E-state index is 12.0. The first kappa shape index (κ1) is 18.0. The minimum atomic E-state index is -0.257. The Bertz CT molecular complexity index is 802. The number of ether oxygens (including phenoxy) is 1.